The highest BCUT2D eigenvalue weighted by molar-refractivity contribution is 5.94. The number of rotatable bonds is 4. The van der Waals surface area contributed by atoms with Gasteiger partial charge >= 0.3 is 0 Å². The molecule has 136 valence electrons. The lowest BCUT2D eigenvalue weighted by atomic mass is 9.93. The Morgan fingerprint density at radius 1 is 1.12 bits per heavy atom. The Morgan fingerprint density at radius 2 is 1.73 bits per heavy atom. The van der Waals surface area contributed by atoms with Crippen LogP contribution in [0.2, 0.25) is 0 Å². The highest BCUT2D eigenvalue weighted by Gasteiger charge is 2.31. The molecule has 0 saturated carbocycles. The smallest absolute Gasteiger partial charge is 0.238 e. The number of benzene rings is 2. The van der Waals surface area contributed by atoms with Crippen LogP contribution < -0.4 is 11.1 Å². The van der Waals surface area contributed by atoms with Crippen molar-refractivity contribution >= 4 is 17.5 Å². The summed E-state index contributed by atoms with van der Waals surface area (Å²) in [6.45, 7) is 6.68. The summed E-state index contributed by atoms with van der Waals surface area (Å²) in [6, 6.07) is 11.6. The van der Waals surface area contributed by atoms with E-state index in [1.807, 2.05) is 62.1 Å². The zero-order valence-corrected chi connectivity index (χ0v) is 15.5. The highest BCUT2D eigenvalue weighted by Crippen LogP contribution is 2.24. The van der Waals surface area contributed by atoms with Crippen molar-refractivity contribution in [2.45, 2.75) is 39.8 Å². The first-order chi connectivity index (χ1) is 12.3. The van der Waals surface area contributed by atoms with Gasteiger partial charge in [0.1, 0.15) is 0 Å². The highest BCUT2D eigenvalue weighted by atomic mass is 16.2. The number of amides is 2. The fraction of sp³-hybridized carbons (Fsp3) is 0.333. The molecule has 0 unspecified atom stereocenters. The Labute approximate surface area is 154 Å². The number of carbonyl (C=O) groups excluding carboxylic acids is 2. The molecule has 0 aromatic heterocycles. The van der Waals surface area contributed by atoms with E-state index in [0.717, 1.165) is 27.9 Å². The minimum atomic E-state index is -0.462. The third kappa shape index (κ3) is 3.78. The zero-order valence-electron chi connectivity index (χ0n) is 15.5. The SMILES string of the molecule is Cc1cc(C)c(NC(=O)CN2Cc3ccccc3C[C@H]2C(N)=O)c(C)c1. The molecular formula is C21H25N3O2. The summed E-state index contributed by atoms with van der Waals surface area (Å²) in [5.74, 6) is -0.527. The fourth-order valence-electron chi connectivity index (χ4n) is 3.76. The van der Waals surface area contributed by atoms with Gasteiger partial charge in [0.05, 0.1) is 12.6 Å². The molecule has 0 fully saturated rings. The number of aryl methyl sites for hydroxylation is 3. The van der Waals surface area contributed by atoms with Gasteiger partial charge in [-0.05, 0) is 49.4 Å². The van der Waals surface area contributed by atoms with Crippen LogP contribution in [0.4, 0.5) is 5.69 Å². The van der Waals surface area contributed by atoms with Crippen LogP contribution in [0.3, 0.4) is 0 Å². The van der Waals surface area contributed by atoms with E-state index >= 15 is 0 Å². The molecule has 5 nitrogen and oxygen atoms in total. The van der Waals surface area contributed by atoms with E-state index in [2.05, 4.69) is 5.32 Å². The minimum Gasteiger partial charge on any atom is -0.368 e. The molecule has 0 aliphatic carbocycles. The summed E-state index contributed by atoms with van der Waals surface area (Å²) >= 11 is 0. The molecule has 2 aromatic carbocycles. The van der Waals surface area contributed by atoms with Crippen molar-refractivity contribution in [3.05, 3.63) is 64.2 Å². The van der Waals surface area contributed by atoms with E-state index in [9.17, 15) is 9.59 Å². The van der Waals surface area contributed by atoms with Gasteiger partial charge in [-0.1, -0.05) is 42.0 Å². The van der Waals surface area contributed by atoms with Crippen molar-refractivity contribution < 1.29 is 9.59 Å². The topological polar surface area (TPSA) is 75.4 Å². The summed E-state index contributed by atoms with van der Waals surface area (Å²) in [7, 11) is 0. The molecule has 0 bridgehead atoms. The molecule has 3 N–H and O–H groups in total. The van der Waals surface area contributed by atoms with E-state index in [0.29, 0.717) is 13.0 Å². The van der Waals surface area contributed by atoms with Gasteiger partial charge in [0.15, 0.2) is 0 Å². The predicted molar refractivity (Wildman–Crippen MR) is 103 cm³/mol. The van der Waals surface area contributed by atoms with Gasteiger partial charge in [0, 0.05) is 12.2 Å². The number of carbonyl (C=O) groups is 2. The lowest BCUT2D eigenvalue weighted by Crippen LogP contribution is -2.50. The first kappa shape index (κ1) is 18.1. The number of hydrogen-bond acceptors (Lipinski definition) is 3. The molecule has 5 heteroatoms. The normalized spacial score (nSPS) is 16.8. The number of primary amides is 1. The molecule has 1 aliphatic rings. The van der Waals surface area contributed by atoms with Crippen LogP contribution in [-0.2, 0) is 22.6 Å². The molecule has 26 heavy (non-hydrogen) atoms. The van der Waals surface area contributed by atoms with Gasteiger partial charge in [-0.25, -0.2) is 0 Å². The predicted octanol–water partition coefficient (Wildman–Crippen LogP) is 2.46. The van der Waals surface area contributed by atoms with E-state index in [4.69, 9.17) is 5.73 Å². The number of nitrogens with two attached hydrogens (primary N) is 1. The van der Waals surface area contributed by atoms with Crippen LogP contribution in [0.15, 0.2) is 36.4 Å². The molecule has 1 aliphatic heterocycles. The quantitative estimate of drug-likeness (QED) is 0.888. The summed E-state index contributed by atoms with van der Waals surface area (Å²) in [5, 5.41) is 3.00. The summed E-state index contributed by atoms with van der Waals surface area (Å²) in [6.07, 6.45) is 0.543. The van der Waals surface area contributed by atoms with Crippen LogP contribution in [0.1, 0.15) is 27.8 Å². The van der Waals surface area contributed by atoms with E-state index in [1.165, 1.54) is 5.56 Å². The van der Waals surface area contributed by atoms with E-state index in [1.54, 1.807) is 0 Å². The Morgan fingerprint density at radius 3 is 2.35 bits per heavy atom. The van der Waals surface area contributed by atoms with Crippen LogP contribution in [-0.4, -0.2) is 29.3 Å². The number of nitrogens with zero attached hydrogens (tertiary/aromatic N) is 1. The zero-order chi connectivity index (χ0) is 18.8. The van der Waals surface area contributed by atoms with Crippen LogP contribution >= 0.6 is 0 Å². The third-order valence-corrected chi connectivity index (χ3v) is 4.96. The molecule has 1 atom stereocenters. The fourth-order valence-corrected chi connectivity index (χ4v) is 3.76. The second-order valence-corrected chi connectivity index (χ2v) is 7.12. The molecule has 2 aromatic rings. The number of hydrogen-bond donors (Lipinski definition) is 2. The van der Waals surface area contributed by atoms with Crippen molar-refractivity contribution in [2.24, 2.45) is 5.73 Å². The Balaban J connectivity index is 1.77. The summed E-state index contributed by atoms with van der Waals surface area (Å²) < 4.78 is 0. The average Bonchev–Trinajstić information content (AvgIpc) is 2.57. The molecule has 3 rings (SSSR count). The van der Waals surface area contributed by atoms with Gasteiger partial charge < -0.3 is 11.1 Å². The summed E-state index contributed by atoms with van der Waals surface area (Å²) in [5.41, 5.74) is 11.9. The van der Waals surface area contributed by atoms with E-state index in [-0.39, 0.29) is 12.5 Å². The van der Waals surface area contributed by atoms with Gasteiger partial charge in [-0.15, -0.1) is 0 Å². The number of fused-ring (bicyclic) bond motifs is 1. The molecular weight excluding hydrogens is 326 g/mol. The minimum absolute atomic E-state index is 0.134. The van der Waals surface area contributed by atoms with Crippen molar-refractivity contribution in [2.75, 3.05) is 11.9 Å². The van der Waals surface area contributed by atoms with Crippen molar-refractivity contribution in [3.63, 3.8) is 0 Å². The maximum Gasteiger partial charge on any atom is 0.238 e. The second-order valence-electron chi connectivity index (χ2n) is 7.12. The van der Waals surface area contributed by atoms with Gasteiger partial charge in [0.25, 0.3) is 0 Å². The maximum absolute atomic E-state index is 12.6. The first-order valence-corrected chi connectivity index (χ1v) is 8.83. The van der Waals surface area contributed by atoms with Crippen molar-refractivity contribution in [1.29, 1.82) is 0 Å². The second kappa shape index (κ2) is 7.30. The Kier molecular flexibility index (Phi) is 5.09. The summed E-state index contributed by atoms with van der Waals surface area (Å²) in [4.78, 5) is 26.4. The first-order valence-electron chi connectivity index (χ1n) is 8.83. The molecule has 0 spiro atoms. The van der Waals surface area contributed by atoms with Gasteiger partial charge in [0.2, 0.25) is 11.8 Å². The van der Waals surface area contributed by atoms with Crippen molar-refractivity contribution in [1.82, 2.24) is 4.90 Å². The standard InChI is InChI=1S/C21H25N3O2/c1-13-8-14(2)20(15(3)9-13)23-19(25)12-24-11-17-7-5-4-6-16(17)10-18(24)21(22)26/h4-9,18H,10-12H2,1-3H3,(H2,22,26)(H,23,25)/t18-/m0/s1. The monoisotopic (exact) mass is 351 g/mol. The molecule has 0 saturated heterocycles. The Hall–Kier alpha value is -2.66. The Bertz CT molecular complexity index is 837. The third-order valence-electron chi connectivity index (χ3n) is 4.96. The van der Waals surface area contributed by atoms with Gasteiger partial charge in [-0.3, -0.25) is 14.5 Å². The lowest BCUT2D eigenvalue weighted by Gasteiger charge is -2.34. The molecule has 1 heterocycles. The van der Waals surface area contributed by atoms with E-state index < -0.39 is 11.9 Å². The van der Waals surface area contributed by atoms with Gasteiger partial charge in [-0.2, -0.15) is 0 Å². The van der Waals surface area contributed by atoms with Crippen LogP contribution in [0.25, 0.3) is 0 Å². The number of nitrogens with one attached hydrogen (secondary N) is 1. The molecule has 0 radical (unpaired) electrons. The molecule has 2 amide bonds. The largest absolute Gasteiger partial charge is 0.368 e. The van der Waals surface area contributed by atoms with Crippen LogP contribution in [0, 0.1) is 20.8 Å². The lowest BCUT2D eigenvalue weighted by molar-refractivity contribution is -0.125. The van der Waals surface area contributed by atoms with Crippen LogP contribution in [0.5, 0.6) is 0 Å². The average molecular weight is 351 g/mol. The number of anilines is 1. The van der Waals surface area contributed by atoms with Crippen molar-refractivity contribution in [3.8, 4) is 0 Å². The maximum atomic E-state index is 12.6.